The lowest BCUT2D eigenvalue weighted by molar-refractivity contribution is -0.211. The van der Waals surface area contributed by atoms with Gasteiger partial charge in [-0.2, -0.15) is 0 Å². The van der Waals surface area contributed by atoms with Crippen molar-refractivity contribution in [3.8, 4) is 0 Å². The van der Waals surface area contributed by atoms with Crippen molar-refractivity contribution in [2.24, 2.45) is 45.8 Å². The molecule has 6 aliphatic carbocycles. The minimum Gasteiger partial charge on any atom is -0.378 e. The van der Waals surface area contributed by atoms with E-state index in [-0.39, 0.29) is 11.0 Å². The molecular formula is C32H48NO4P. The van der Waals surface area contributed by atoms with Crippen molar-refractivity contribution in [1.29, 1.82) is 0 Å². The zero-order valence-electron chi connectivity index (χ0n) is 23.6. The second-order valence-corrected chi connectivity index (χ2v) is 15.3. The fourth-order valence-electron chi connectivity index (χ4n) is 12.5. The minimum absolute atomic E-state index is 0.157. The third kappa shape index (κ3) is 3.10. The Morgan fingerprint density at radius 1 is 1.08 bits per heavy atom. The second kappa shape index (κ2) is 8.60. The Morgan fingerprint density at radius 3 is 2.82 bits per heavy atom. The van der Waals surface area contributed by atoms with E-state index >= 15 is 0 Å². The van der Waals surface area contributed by atoms with Crippen LogP contribution < -0.4 is 0 Å². The number of hydrogen-bond acceptors (Lipinski definition) is 5. The van der Waals surface area contributed by atoms with Crippen molar-refractivity contribution in [2.75, 3.05) is 39.3 Å². The highest BCUT2D eigenvalue weighted by Crippen LogP contribution is 2.93. The molecule has 2 aliphatic heterocycles. The van der Waals surface area contributed by atoms with Crippen LogP contribution in [0, 0.1) is 45.8 Å². The van der Waals surface area contributed by atoms with Crippen LogP contribution in [0.25, 0.3) is 0 Å². The number of rotatable bonds is 7. The molecule has 12 atom stereocenters. The van der Waals surface area contributed by atoms with Crippen LogP contribution in [0.1, 0.15) is 78.1 Å². The SMILES string of the molecule is C[C@H]1C[C@H]2OC34CC[C@H]5C6CCC7=CC(=O)CC[C@]7(C)[C@H]6CC56CC63C[C@@H]4[C@@H]2N(CCOCCOCP)C1. The summed E-state index contributed by atoms with van der Waals surface area (Å²) in [5.41, 5.74) is 2.96. The third-order valence-electron chi connectivity index (χ3n) is 13.9. The molecule has 0 aromatic carbocycles. The molecule has 7 fully saturated rings. The molecule has 0 N–H and O–H groups in total. The monoisotopic (exact) mass is 541 g/mol. The molecule has 6 heteroatoms. The van der Waals surface area contributed by atoms with Crippen LogP contribution in [0.3, 0.4) is 0 Å². The van der Waals surface area contributed by atoms with E-state index in [1.807, 2.05) is 0 Å². The smallest absolute Gasteiger partial charge is 0.155 e. The first-order chi connectivity index (χ1) is 18.4. The Bertz CT molecular complexity index is 1050. The summed E-state index contributed by atoms with van der Waals surface area (Å²) < 4.78 is 18.8. The number of allylic oxidation sites excluding steroid dienone is 2. The molecule has 2 saturated heterocycles. The predicted molar refractivity (Wildman–Crippen MR) is 150 cm³/mol. The maximum Gasteiger partial charge on any atom is 0.155 e. The van der Waals surface area contributed by atoms with Gasteiger partial charge >= 0.3 is 0 Å². The lowest BCUT2D eigenvalue weighted by atomic mass is 9.47. The molecule has 0 bridgehead atoms. The number of carbonyl (C=O) groups excluding carboxylic acids is 1. The summed E-state index contributed by atoms with van der Waals surface area (Å²) in [5, 5.41) is 0. The van der Waals surface area contributed by atoms with Gasteiger partial charge in [-0.3, -0.25) is 9.69 Å². The molecule has 2 heterocycles. The highest BCUT2D eigenvalue weighted by atomic mass is 31.0. The molecule has 0 radical (unpaired) electrons. The van der Waals surface area contributed by atoms with Crippen molar-refractivity contribution in [2.45, 2.75) is 95.8 Å². The van der Waals surface area contributed by atoms with E-state index in [0.29, 0.717) is 54.2 Å². The molecule has 5 nitrogen and oxygen atoms in total. The van der Waals surface area contributed by atoms with Gasteiger partial charge in [0.2, 0.25) is 0 Å². The van der Waals surface area contributed by atoms with E-state index < -0.39 is 0 Å². The van der Waals surface area contributed by atoms with E-state index in [2.05, 4.69) is 34.1 Å². The number of carbonyl (C=O) groups is 1. The Labute approximate surface area is 231 Å². The molecule has 8 rings (SSSR count). The van der Waals surface area contributed by atoms with E-state index in [0.717, 1.165) is 49.7 Å². The fraction of sp³-hybridized carbons (Fsp3) is 0.906. The first kappa shape index (κ1) is 25.4. The maximum atomic E-state index is 12.3. The lowest BCUT2D eigenvalue weighted by Crippen LogP contribution is -2.64. The Kier molecular flexibility index (Phi) is 5.75. The zero-order valence-corrected chi connectivity index (χ0v) is 24.7. The average molecular weight is 542 g/mol. The molecule has 210 valence electrons. The topological polar surface area (TPSA) is 48.0 Å². The summed E-state index contributed by atoms with van der Waals surface area (Å²) in [4.78, 5) is 15.1. The quantitative estimate of drug-likeness (QED) is 0.326. The van der Waals surface area contributed by atoms with E-state index in [4.69, 9.17) is 14.2 Å². The van der Waals surface area contributed by atoms with Gasteiger partial charge in [0.05, 0.1) is 37.9 Å². The van der Waals surface area contributed by atoms with Crippen molar-refractivity contribution < 1.29 is 19.0 Å². The molecule has 5 unspecified atom stereocenters. The zero-order chi connectivity index (χ0) is 25.9. The molecule has 3 spiro atoms. The van der Waals surface area contributed by atoms with Gasteiger partial charge in [0, 0.05) is 36.9 Å². The van der Waals surface area contributed by atoms with Crippen molar-refractivity contribution in [3.05, 3.63) is 11.6 Å². The van der Waals surface area contributed by atoms with Gasteiger partial charge in [0.25, 0.3) is 0 Å². The number of hydrogen-bond donors (Lipinski definition) is 0. The molecular weight excluding hydrogens is 493 g/mol. The average Bonchev–Trinajstić information content (AvgIpc) is 3.37. The predicted octanol–water partition coefficient (Wildman–Crippen LogP) is 5.23. The van der Waals surface area contributed by atoms with Crippen LogP contribution >= 0.6 is 9.24 Å². The Hall–Kier alpha value is -0.320. The summed E-state index contributed by atoms with van der Waals surface area (Å²) >= 11 is 0. The first-order valence-corrected chi connectivity index (χ1v) is 16.7. The first-order valence-electron chi connectivity index (χ1n) is 15.9. The highest BCUT2D eigenvalue weighted by Gasteiger charge is 2.91. The number of fused-ring (bicyclic) bond motifs is 6. The van der Waals surface area contributed by atoms with Crippen LogP contribution in [-0.4, -0.2) is 67.7 Å². The van der Waals surface area contributed by atoms with Crippen molar-refractivity contribution >= 4 is 15.0 Å². The largest absolute Gasteiger partial charge is 0.378 e. The summed E-state index contributed by atoms with van der Waals surface area (Å²) in [6.45, 7) is 9.36. The van der Waals surface area contributed by atoms with Gasteiger partial charge in [-0.25, -0.2) is 0 Å². The molecule has 5 saturated carbocycles. The van der Waals surface area contributed by atoms with E-state index in [1.54, 1.807) is 0 Å². The van der Waals surface area contributed by atoms with Gasteiger partial charge in [0.15, 0.2) is 5.78 Å². The van der Waals surface area contributed by atoms with Crippen molar-refractivity contribution in [3.63, 3.8) is 0 Å². The van der Waals surface area contributed by atoms with Crippen LogP contribution in [0.2, 0.25) is 0 Å². The van der Waals surface area contributed by atoms with E-state index in [1.165, 1.54) is 63.5 Å². The molecule has 38 heavy (non-hydrogen) atoms. The van der Waals surface area contributed by atoms with Crippen LogP contribution in [0.5, 0.6) is 0 Å². The summed E-state index contributed by atoms with van der Waals surface area (Å²) in [6.07, 6.45) is 15.8. The standard InChI is InChI=1S/C32H48NO4P/c1-20-13-27-28(33(17-20)9-10-35-11-12-36-19-38)26-16-31-18-30(31)15-25-23(24(30)6-8-32(26,31)37-27)4-3-21-14-22(34)5-7-29(21,25)2/h14,20,23-28H,3-13,15-19,38H2,1-2H3/t20-,23?,24-,25-,26+,27+,28-,29-,30?,31?,32?/m0/s1. The molecule has 0 amide bonds. The normalized spacial score (nSPS) is 53.9. The minimum atomic E-state index is 0.157. The maximum absolute atomic E-state index is 12.3. The number of nitrogens with zero attached hydrogens (tertiary/aromatic N) is 1. The Balaban J connectivity index is 1.02. The number of ketones is 1. The molecule has 8 aliphatic rings. The fourth-order valence-corrected chi connectivity index (χ4v) is 12.7. The third-order valence-corrected chi connectivity index (χ3v) is 14.1. The van der Waals surface area contributed by atoms with E-state index in [9.17, 15) is 4.79 Å². The van der Waals surface area contributed by atoms with Gasteiger partial charge < -0.3 is 14.2 Å². The second-order valence-electron chi connectivity index (χ2n) is 15.0. The van der Waals surface area contributed by atoms with Crippen LogP contribution in [-0.2, 0) is 19.0 Å². The van der Waals surface area contributed by atoms with Gasteiger partial charge in [-0.05, 0) is 98.4 Å². The Morgan fingerprint density at radius 2 is 1.95 bits per heavy atom. The number of piperidine rings is 1. The highest BCUT2D eigenvalue weighted by molar-refractivity contribution is 7.16. The lowest BCUT2D eigenvalue weighted by Gasteiger charge is -2.60. The molecule has 0 aromatic heterocycles. The summed E-state index contributed by atoms with van der Waals surface area (Å²) in [5.74, 6) is 4.39. The van der Waals surface area contributed by atoms with Gasteiger partial charge in [-0.1, -0.05) is 19.4 Å². The summed E-state index contributed by atoms with van der Waals surface area (Å²) in [6, 6.07) is 0.595. The number of ether oxygens (including phenoxy) is 3. The van der Waals surface area contributed by atoms with Gasteiger partial charge in [-0.15, -0.1) is 9.24 Å². The van der Waals surface area contributed by atoms with Crippen LogP contribution in [0.15, 0.2) is 11.6 Å². The number of likely N-dealkylation sites (tertiary alicyclic amines) is 1. The van der Waals surface area contributed by atoms with Gasteiger partial charge in [0.1, 0.15) is 0 Å². The molecule has 0 aromatic rings. The van der Waals surface area contributed by atoms with Crippen molar-refractivity contribution in [1.82, 2.24) is 4.90 Å². The van der Waals surface area contributed by atoms with Crippen LogP contribution in [0.4, 0.5) is 0 Å². The summed E-state index contributed by atoms with van der Waals surface area (Å²) in [7, 11) is 2.61.